The van der Waals surface area contributed by atoms with Crippen molar-refractivity contribution in [3.05, 3.63) is 64.6 Å². The molecule has 0 atom stereocenters. The summed E-state index contributed by atoms with van der Waals surface area (Å²) in [4.78, 5) is 27.7. The maximum atomic E-state index is 12.1. The molecule has 0 unspecified atom stereocenters. The summed E-state index contributed by atoms with van der Waals surface area (Å²) < 4.78 is 1.11. The van der Waals surface area contributed by atoms with Crippen LogP contribution in [-0.4, -0.2) is 20.7 Å². The number of nitrogens with one attached hydrogen (secondary N) is 1. The van der Waals surface area contributed by atoms with Gasteiger partial charge in [-0.25, -0.2) is 9.67 Å². The standard InChI is InChI=1S/C15H12N4O2/c1-19-14(20)9-7-12(18-19)15(21)17-13-8-6-10-4-2-3-5-11(10)16-13/h2-9H,1H3,(H,16,17,21). The van der Waals surface area contributed by atoms with Crippen LogP contribution in [0.1, 0.15) is 10.5 Å². The lowest BCUT2D eigenvalue weighted by Gasteiger charge is -2.05. The molecule has 0 saturated heterocycles. The van der Waals surface area contributed by atoms with Gasteiger partial charge in [0.05, 0.1) is 5.52 Å². The number of carbonyl (C=O) groups excluding carboxylic acids is 1. The van der Waals surface area contributed by atoms with Crippen LogP contribution in [0.3, 0.4) is 0 Å². The molecule has 0 aliphatic carbocycles. The van der Waals surface area contributed by atoms with E-state index in [1.54, 1.807) is 6.07 Å². The summed E-state index contributed by atoms with van der Waals surface area (Å²) in [5.74, 6) is 0.0303. The average Bonchev–Trinajstić information content (AvgIpc) is 2.50. The molecule has 1 amide bonds. The van der Waals surface area contributed by atoms with Crippen LogP contribution in [0.4, 0.5) is 5.82 Å². The first-order valence-electron chi connectivity index (χ1n) is 6.35. The molecule has 0 spiro atoms. The van der Waals surface area contributed by atoms with Crippen molar-refractivity contribution in [1.29, 1.82) is 0 Å². The van der Waals surface area contributed by atoms with Gasteiger partial charge in [0.2, 0.25) is 0 Å². The minimum absolute atomic E-state index is 0.159. The van der Waals surface area contributed by atoms with Gasteiger partial charge >= 0.3 is 0 Å². The molecule has 6 heteroatoms. The summed E-state index contributed by atoms with van der Waals surface area (Å²) in [6.07, 6.45) is 0. The molecule has 1 N–H and O–H groups in total. The van der Waals surface area contributed by atoms with E-state index in [1.807, 2.05) is 30.3 Å². The lowest BCUT2D eigenvalue weighted by atomic mass is 10.2. The first-order chi connectivity index (χ1) is 10.1. The van der Waals surface area contributed by atoms with Crippen LogP contribution < -0.4 is 10.9 Å². The quantitative estimate of drug-likeness (QED) is 0.773. The van der Waals surface area contributed by atoms with Gasteiger partial charge < -0.3 is 5.32 Å². The van der Waals surface area contributed by atoms with E-state index in [0.29, 0.717) is 5.82 Å². The van der Waals surface area contributed by atoms with Crippen molar-refractivity contribution >= 4 is 22.6 Å². The topological polar surface area (TPSA) is 76.9 Å². The fraction of sp³-hybridized carbons (Fsp3) is 0.0667. The summed E-state index contributed by atoms with van der Waals surface area (Å²) in [7, 11) is 1.49. The first kappa shape index (κ1) is 13.0. The van der Waals surface area contributed by atoms with E-state index >= 15 is 0 Å². The Bertz CT molecular complexity index is 886. The molecule has 0 fully saturated rings. The predicted molar refractivity (Wildman–Crippen MR) is 79.2 cm³/mol. The average molecular weight is 280 g/mol. The van der Waals surface area contributed by atoms with Gasteiger partial charge in [-0.2, -0.15) is 5.10 Å². The largest absolute Gasteiger partial charge is 0.305 e. The Balaban J connectivity index is 1.88. The molecule has 1 aromatic carbocycles. The highest BCUT2D eigenvalue weighted by atomic mass is 16.2. The van der Waals surface area contributed by atoms with Crippen molar-refractivity contribution in [3.63, 3.8) is 0 Å². The molecule has 2 heterocycles. The van der Waals surface area contributed by atoms with E-state index < -0.39 is 5.91 Å². The summed E-state index contributed by atoms with van der Waals surface area (Å²) in [5.41, 5.74) is 0.686. The van der Waals surface area contributed by atoms with Gasteiger partial charge in [0.15, 0.2) is 0 Å². The van der Waals surface area contributed by atoms with Crippen LogP contribution in [0.2, 0.25) is 0 Å². The second kappa shape index (κ2) is 5.16. The smallest absolute Gasteiger partial charge is 0.277 e. The van der Waals surface area contributed by atoms with Crippen LogP contribution in [-0.2, 0) is 7.05 Å². The Hall–Kier alpha value is -3.02. The van der Waals surface area contributed by atoms with Gasteiger partial charge in [-0.3, -0.25) is 9.59 Å². The number of amides is 1. The van der Waals surface area contributed by atoms with Crippen molar-refractivity contribution in [1.82, 2.24) is 14.8 Å². The van der Waals surface area contributed by atoms with Gasteiger partial charge in [-0.1, -0.05) is 18.2 Å². The van der Waals surface area contributed by atoms with Crippen molar-refractivity contribution in [2.75, 3.05) is 5.32 Å². The molecule has 0 saturated carbocycles. The van der Waals surface area contributed by atoms with Crippen molar-refractivity contribution in [2.24, 2.45) is 7.05 Å². The number of pyridine rings is 1. The normalized spacial score (nSPS) is 10.5. The Kier molecular flexibility index (Phi) is 3.19. The van der Waals surface area contributed by atoms with Crippen molar-refractivity contribution in [2.45, 2.75) is 0 Å². The number of hydrogen-bond acceptors (Lipinski definition) is 4. The third kappa shape index (κ3) is 2.64. The fourth-order valence-corrected chi connectivity index (χ4v) is 1.94. The maximum absolute atomic E-state index is 12.1. The molecular weight excluding hydrogens is 268 g/mol. The molecule has 2 aromatic heterocycles. The number of para-hydroxylation sites is 1. The van der Waals surface area contributed by atoms with Crippen LogP contribution >= 0.6 is 0 Å². The molecule has 0 radical (unpaired) electrons. The number of nitrogens with zero attached hydrogens (tertiary/aromatic N) is 3. The number of carbonyl (C=O) groups is 1. The molecule has 0 bridgehead atoms. The van der Waals surface area contributed by atoms with E-state index in [9.17, 15) is 9.59 Å². The van der Waals surface area contributed by atoms with E-state index in [2.05, 4.69) is 15.4 Å². The number of benzene rings is 1. The lowest BCUT2D eigenvalue weighted by Crippen LogP contribution is -2.23. The van der Waals surface area contributed by atoms with Gasteiger partial charge in [-0.05, 0) is 24.3 Å². The molecule has 0 aliphatic heterocycles. The number of aryl methyl sites for hydroxylation is 1. The van der Waals surface area contributed by atoms with Gasteiger partial charge in [0.25, 0.3) is 11.5 Å². The zero-order valence-corrected chi connectivity index (χ0v) is 11.3. The van der Waals surface area contributed by atoms with E-state index in [1.165, 1.54) is 19.2 Å². The highest BCUT2D eigenvalue weighted by molar-refractivity contribution is 6.02. The maximum Gasteiger partial charge on any atom is 0.277 e. The molecular formula is C15H12N4O2. The summed E-state index contributed by atoms with van der Waals surface area (Å²) in [5, 5.41) is 7.56. The van der Waals surface area contributed by atoms with Gasteiger partial charge in [0, 0.05) is 18.5 Å². The molecule has 104 valence electrons. The first-order valence-corrected chi connectivity index (χ1v) is 6.35. The monoisotopic (exact) mass is 280 g/mol. The van der Waals surface area contributed by atoms with Crippen LogP contribution in [0.5, 0.6) is 0 Å². The summed E-state index contributed by atoms with van der Waals surface area (Å²) in [6.45, 7) is 0. The number of fused-ring (bicyclic) bond motifs is 1. The van der Waals surface area contributed by atoms with Crippen LogP contribution in [0, 0.1) is 0 Å². The molecule has 6 nitrogen and oxygen atoms in total. The Morgan fingerprint density at radius 3 is 2.71 bits per heavy atom. The zero-order valence-electron chi connectivity index (χ0n) is 11.3. The second-order valence-electron chi connectivity index (χ2n) is 4.52. The number of rotatable bonds is 2. The van der Waals surface area contributed by atoms with E-state index in [0.717, 1.165) is 15.6 Å². The predicted octanol–water partition coefficient (Wildman–Crippen LogP) is 1.58. The third-order valence-electron chi connectivity index (χ3n) is 3.03. The molecule has 3 aromatic rings. The van der Waals surface area contributed by atoms with E-state index in [4.69, 9.17) is 0 Å². The Morgan fingerprint density at radius 2 is 1.90 bits per heavy atom. The van der Waals surface area contributed by atoms with Crippen LogP contribution in [0.25, 0.3) is 10.9 Å². The lowest BCUT2D eigenvalue weighted by molar-refractivity contribution is 0.101. The van der Waals surface area contributed by atoms with E-state index in [-0.39, 0.29) is 11.3 Å². The summed E-state index contributed by atoms with van der Waals surface area (Å²) in [6, 6.07) is 13.9. The highest BCUT2D eigenvalue weighted by Gasteiger charge is 2.09. The second-order valence-corrected chi connectivity index (χ2v) is 4.52. The zero-order chi connectivity index (χ0) is 14.8. The molecule has 21 heavy (non-hydrogen) atoms. The van der Waals surface area contributed by atoms with Crippen molar-refractivity contribution in [3.8, 4) is 0 Å². The highest BCUT2D eigenvalue weighted by Crippen LogP contribution is 2.14. The number of aromatic nitrogens is 3. The molecule has 0 aliphatic rings. The number of anilines is 1. The Morgan fingerprint density at radius 1 is 1.10 bits per heavy atom. The van der Waals surface area contributed by atoms with Crippen LogP contribution in [0.15, 0.2) is 53.3 Å². The molecule has 3 rings (SSSR count). The van der Waals surface area contributed by atoms with Gasteiger partial charge in [0.1, 0.15) is 11.5 Å². The minimum atomic E-state index is -0.409. The van der Waals surface area contributed by atoms with Gasteiger partial charge in [-0.15, -0.1) is 0 Å². The Labute approximate surface area is 120 Å². The fourth-order valence-electron chi connectivity index (χ4n) is 1.94. The summed E-state index contributed by atoms with van der Waals surface area (Å²) >= 11 is 0. The minimum Gasteiger partial charge on any atom is -0.305 e. The van der Waals surface area contributed by atoms with Crippen molar-refractivity contribution < 1.29 is 4.79 Å². The SMILES string of the molecule is Cn1nc(C(=O)Nc2ccc3ccccc3n2)ccc1=O. The third-order valence-corrected chi connectivity index (χ3v) is 3.03. The number of hydrogen-bond donors (Lipinski definition) is 1.